The lowest BCUT2D eigenvalue weighted by molar-refractivity contribution is -0.384. The van der Waals surface area contributed by atoms with Gasteiger partial charge in [-0.15, -0.1) is 0 Å². The zero-order valence-electron chi connectivity index (χ0n) is 13.4. The van der Waals surface area contributed by atoms with Crippen molar-refractivity contribution < 1.29 is 14.5 Å². The van der Waals surface area contributed by atoms with Crippen LogP contribution in [-0.2, 0) is 4.79 Å². The molecule has 1 aliphatic rings. The second kappa shape index (κ2) is 7.91. The van der Waals surface area contributed by atoms with E-state index in [0.29, 0.717) is 42.6 Å². The summed E-state index contributed by atoms with van der Waals surface area (Å²) in [5, 5.41) is 11.1. The smallest absolute Gasteiger partial charge is 0.269 e. The van der Waals surface area contributed by atoms with Crippen LogP contribution in [0.4, 0.5) is 5.69 Å². The number of carbonyl (C=O) groups is 1. The quantitative estimate of drug-likeness (QED) is 0.480. The SMILES string of the molecule is Cc1cc([N+](=O)[O-])ccc1OCCC(=O)N1CCN(C(N)=S)CC1. The third kappa shape index (κ3) is 4.54. The second-order valence-electron chi connectivity index (χ2n) is 5.51. The summed E-state index contributed by atoms with van der Waals surface area (Å²) >= 11 is 4.92. The highest BCUT2D eigenvalue weighted by Crippen LogP contribution is 2.23. The van der Waals surface area contributed by atoms with Gasteiger partial charge in [-0.1, -0.05) is 0 Å². The molecule has 1 heterocycles. The van der Waals surface area contributed by atoms with E-state index >= 15 is 0 Å². The molecule has 1 amide bonds. The maximum Gasteiger partial charge on any atom is 0.269 e. The molecule has 2 rings (SSSR count). The summed E-state index contributed by atoms with van der Waals surface area (Å²) in [7, 11) is 0. The summed E-state index contributed by atoms with van der Waals surface area (Å²) in [6, 6.07) is 4.39. The van der Waals surface area contributed by atoms with Gasteiger partial charge < -0.3 is 20.3 Å². The number of ether oxygens (including phenoxy) is 1. The summed E-state index contributed by atoms with van der Waals surface area (Å²) in [6.07, 6.45) is 0.253. The Bertz CT molecular complexity index is 644. The van der Waals surface area contributed by atoms with Crippen molar-refractivity contribution in [2.75, 3.05) is 32.8 Å². The van der Waals surface area contributed by atoms with Crippen molar-refractivity contribution in [2.24, 2.45) is 5.73 Å². The molecule has 0 bridgehead atoms. The first-order valence-electron chi connectivity index (χ1n) is 7.58. The lowest BCUT2D eigenvalue weighted by Gasteiger charge is -2.35. The van der Waals surface area contributed by atoms with E-state index in [1.807, 2.05) is 4.90 Å². The summed E-state index contributed by atoms with van der Waals surface area (Å²) in [5.74, 6) is 0.559. The van der Waals surface area contributed by atoms with Crippen molar-refractivity contribution in [1.29, 1.82) is 0 Å². The van der Waals surface area contributed by atoms with E-state index in [2.05, 4.69) is 0 Å². The molecule has 0 unspecified atom stereocenters. The van der Waals surface area contributed by atoms with Crippen LogP contribution in [-0.4, -0.2) is 58.5 Å². The fourth-order valence-corrected chi connectivity index (χ4v) is 2.67. The Balaban J connectivity index is 1.79. The molecule has 0 aromatic heterocycles. The van der Waals surface area contributed by atoms with E-state index in [-0.39, 0.29) is 24.6 Å². The van der Waals surface area contributed by atoms with Crippen LogP contribution in [0.3, 0.4) is 0 Å². The highest BCUT2D eigenvalue weighted by molar-refractivity contribution is 7.80. The van der Waals surface area contributed by atoms with E-state index in [9.17, 15) is 14.9 Å². The number of hydrogen-bond donors (Lipinski definition) is 1. The molecular formula is C15H20N4O4S. The molecule has 0 radical (unpaired) electrons. The minimum atomic E-state index is -0.451. The molecule has 0 spiro atoms. The Morgan fingerprint density at radius 1 is 1.33 bits per heavy atom. The Hall–Kier alpha value is -2.42. The van der Waals surface area contributed by atoms with Gasteiger partial charge in [0, 0.05) is 38.3 Å². The number of rotatable bonds is 5. The average molecular weight is 352 g/mol. The number of nitro benzene ring substituents is 1. The zero-order valence-corrected chi connectivity index (χ0v) is 14.3. The van der Waals surface area contributed by atoms with Gasteiger partial charge in [0.25, 0.3) is 5.69 Å². The van der Waals surface area contributed by atoms with Crippen LogP contribution in [0, 0.1) is 17.0 Å². The van der Waals surface area contributed by atoms with Crippen LogP contribution in [0.2, 0.25) is 0 Å². The van der Waals surface area contributed by atoms with Gasteiger partial charge in [-0.2, -0.15) is 0 Å². The fraction of sp³-hybridized carbons (Fsp3) is 0.467. The summed E-state index contributed by atoms with van der Waals surface area (Å²) < 4.78 is 5.57. The van der Waals surface area contributed by atoms with Gasteiger partial charge >= 0.3 is 0 Å². The molecular weight excluding hydrogens is 332 g/mol. The maximum atomic E-state index is 12.2. The standard InChI is InChI=1S/C15H20N4O4S/c1-11-10-12(19(21)22)2-3-13(11)23-9-4-14(20)17-5-7-18(8-6-17)15(16)24/h2-3,10H,4-9H2,1H3,(H2,16,24). The Morgan fingerprint density at radius 2 is 1.96 bits per heavy atom. The molecule has 0 atom stereocenters. The number of nitrogens with two attached hydrogens (primary N) is 1. The average Bonchev–Trinajstić information content (AvgIpc) is 2.56. The number of aryl methyl sites for hydroxylation is 1. The number of benzene rings is 1. The molecule has 8 nitrogen and oxygen atoms in total. The number of hydrogen-bond acceptors (Lipinski definition) is 5. The minimum Gasteiger partial charge on any atom is -0.493 e. The Labute approximate surface area is 145 Å². The first-order valence-corrected chi connectivity index (χ1v) is 7.99. The van der Waals surface area contributed by atoms with E-state index in [0.717, 1.165) is 0 Å². The highest BCUT2D eigenvalue weighted by atomic mass is 32.1. The van der Waals surface area contributed by atoms with Gasteiger partial charge in [-0.3, -0.25) is 14.9 Å². The summed E-state index contributed by atoms with van der Waals surface area (Å²) in [4.78, 5) is 26.1. The van der Waals surface area contributed by atoms with Gasteiger partial charge in [0.1, 0.15) is 5.75 Å². The van der Waals surface area contributed by atoms with Crippen molar-refractivity contribution in [3.63, 3.8) is 0 Å². The second-order valence-corrected chi connectivity index (χ2v) is 5.93. The summed E-state index contributed by atoms with van der Waals surface area (Å²) in [5.41, 5.74) is 6.26. The van der Waals surface area contributed by atoms with E-state index < -0.39 is 4.92 Å². The van der Waals surface area contributed by atoms with Gasteiger partial charge in [0.05, 0.1) is 18.0 Å². The minimum absolute atomic E-state index is 0.0113. The Kier molecular flexibility index (Phi) is 5.91. The number of carbonyl (C=O) groups excluding carboxylic acids is 1. The van der Waals surface area contributed by atoms with Crippen LogP contribution in [0.5, 0.6) is 5.75 Å². The molecule has 0 saturated carbocycles. The van der Waals surface area contributed by atoms with E-state index in [1.54, 1.807) is 17.9 Å². The molecule has 24 heavy (non-hydrogen) atoms. The first kappa shape index (κ1) is 17.9. The number of nitrogens with zero attached hydrogens (tertiary/aromatic N) is 3. The lowest BCUT2D eigenvalue weighted by Crippen LogP contribution is -2.52. The number of non-ortho nitro benzene ring substituents is 1. The molecule has 1 aromatic carbocycles. The van der Waals surface area contributed by atoms with Crippen molar-refractivity contribution >= 4 is 28.9 Å². The number of piperazine rings is 1. The molecule has 130 valence electrons. The van der Waals surface area contributed by atoms with Crippen LogP contribution in [0.25, 0.3) is 0 Å². The largest absolute Gasteiger partial charge is 0.493 e. The monoisotopic (exact) mass is 352 g/mol. The van der Waals surface area contributed by atoms with Crippen molar-refractivity contribution in [3.05, 3.63) is 33.9 Å². The van der Waals surface area contributed by atoms with Gasteiger partial charge in [0.15, 0.2) is 5.11 Å². The van der Waals surface area contributed by atoms with Gasteiger partial charge in [-0.05, 0) is 30.8 Å². The third-order valence-electron chi connectivity index (χ3n) is 3.89. The van der Waals surface area contributed by atoms with Crippen LogP contribution < -0.4 is 10.5 Å². The number of thiocarbonyl (C=S) groups is 1. The number of amides is 1. The summed E-state index contributed by atoms with van der Waals surface area (Å²) in [6.45, 7) is 4.43. The maximum absolute atomic E-state index is 12.2. The first-order chi connectivity index (χ1) is 11.4. The molecule has 1 fully saturated rings. The van der Waals surface area contributed by atoms with Crippen LogP contribution in [0.15, 0.2) is 18.2 Å². The molecule has 1 aliphatic heterocycles. The highest BCUT2D eigenvalue weighted by Gasteiger charge is 2.21. The van der Waals surface area contributed by atoms with Crippen LogP contribution >= 0.6 is 12.2 Å². The fourth-order valence-electron chi connectivity index (χ4n) is 2.49. The van der Waals surface area contributed by atoms with E-state index in [4.69, 9.17) is 22.7 Å². The van der Waals surface area contributed by atoms with Crippen molar-refractivity contribution in [2.45, 2.75) is 13.3 Å². The Morgan fingerprint density at radius 3 is 2.50 bits per heavy atom. The number of nitro groups is 1. The molecule has 0 aliphatic carbocycles. The molecule has 2 N–H and O–H groups in total. The van der Waals surface area contributed by atoms with Crippen molar-refractivity contribution in [1.82, 2.24) is 9.80 Å². The molecule has 1 saturated heterocycles. The van der Waals surface area contributed by atoms with E-state index in [1.165, 1.54) is 12.1 Å². The predicted molar refractivity (Wildman–Crippen MR) is 92.9 cm³/mol. The van der Waals surface area contributed by atoms with Gasteiger partial charge in [0.2, 0.25) is 5.91 Å². The predicted octanol–water partition coefficient (Wildman–Crippen LogP) is 1.06. The van der Waals surface area contributed by atoms with Crippen LogP contribution in [0.1, 0.15) is 12.0 Å². The zero-order chi connectivity index (χ0) is 17.7. The molecule has 9 heteroatoms. The lowest BCUT2D eigenvalue weighted by atomic mass is 10.2. The third-order valence-corrected chi connectivity index (χ3v) is 4.15. The van der Waals surface area contributed by atoms with Gasteiger partial charge in [-0.25, -0.2) is 0 Å². The topological polar surface area (TPSA) is 102 Å². The molecule has 1 aromatic rings. The van der Waals surface area contributed by atoms with Crippen molar-refractivity contribution in [3.8, 4) is 5.75 Å². The normalized spacial score (nSPS) is 14.4.